The predicted octanol–water partition coefficient (Wildman–Crippen LogP) is 5.91. The van der Waals surface area contributed by atoms with Gasteiger partial charge >= 0.3 is 0 Å². The zero-order valence-corrected chi connectivity index (χ0v) is 16.9. The first-order valence-electron chi connectivity index (χ1n) is 9.40. The summed E-state index contributed by atoms with van der Waals surface area (Å²) >= 11 is 6.47. The fraction of sp³-hybridized carbons (Fsp3) is 0.455. The molecule has 142 valence electrons. The van der Waals surface area contributed by atoms with Gasteiger partial charge in [0, 0.05) is 6.54 Å². The predicted molar refractivity (Wildman–Crippen MR) is 109 cm³/mol. The van der Waals surface area contributed by atoms with Crippen LogP contribution in [0.15, 0.2) is 36.4 Å². The monoisotopic (exact) mass is 375 g/mol. The molecule has 0 spiro atoms. The highest BCUT2D eigenvalue weighted by molar-refractivity contribution is 6.32. The Hall–Kier alpha value is -1.71. The van der Waals surface area contributed by atoms with Gasteiger partial charge in [-0.25, -0.2) is 0 Å². The zero-order valence-electron chi connectivity index (χ0n) is 16.1. The number of aryl methyl sites for hydroxylation is 1. The van der Waals surface area contributed by atoms with Crippen LogP contribution >= 0.6 is 11.6 Å². The quantitative estimate of drug-likeness (QED) is 0.495. The van der Waals surface area contributed by atoms with Gasteiger partial charge in [-0.2, -0.15) is 0 Å². The number of unbranched alkanes of at least 4 members (excludes halogenated alkanes) is 3. The summed E-state index contributed by atoms with van der Waals surface area (Å²) < 4.78 is 11.5. The maximum atomic E-state index is 6.47. The van der Waals surface area contributed by atoms with Gasteiger partial charge in [-0.15, -0.1) is 0 Å². The minimum Gasteiger partial charge on any atom is -0.493 e. The average molecular weight is 376 g/mol. The second-order valence-electron chi connectivity index (χ2n) is 6.56. The van der Waals surface area contributed by atoms with Crippen molar-refractivity contribution in [1.82, 2.24) is 5.32 Å². The number of halogens is 1. The van der Waals surface area contributed by atoms with Crippen LogP contribution in [-0.4, -0.2) is 13.7 Å². The molecule has 0 amide bonds. The van der Waals surface area contributed by atoms with Crippen molar-refractivity contribution in [2.45, 2.75) is 52.7 Å². The van der Waals surface area contributed by atoms with Crippen LogP contribution in [0, 0.1) is 6.92 Å². The first-order chi connectivity index (χ1) is 12.7. The van der Waals surface area contributed by atoms with Gasteiger partial charge in [0.05, 0.1) is 12.1 Å². The van der Waals surface area contributed by atoms with Gasteiger partial charge in [-0.05, 0) is 48.7 Å². The van der Waals surface area contributed by atoms with Gasteiger partial charge in [0.2, 0.25) is 0 Å². The van der Waals surface area contributed by atoms with Gasteiger partial charge in [0.25, 0.3) is 0 Å². The van der Waals surface area contributed by atoms with Crippen LogP contribution < -0.4 is 14.8 Å². The van der Waals surface area contributed by atoms with Gasteiger partial charge in [0.15, 0.2) is 11.5 Å². The smallest absolute Gasteiger partial charge is 0.180 e. The third-order valence-electron chi connectivity index (χ3n) is 4.46. The lowest BCUT2D eigenvalue weighted by Gasteiger charge is -2.15. The highest BCUT2D eigenvalue weighted by Crippen LogP contribution is 2.37. The summed E-state index contributed by atoms with van der Waals surface area (Å²) in [5.74, 6) is 1.28. The SMILES string of the molecule is CCCCCCNCc1cc(Cl)c(OCc2ccccc2C)c(OC)c1. The summed E-state index contributed by atoms with van der Waals surface area (Å²) in [7, 11) is 1.65. The molecule has 2 aromatic carbocycles. The Morgan fingerprint density at radius 2 is 1.88 bits per heavy atom. The lowest BCUT2D eigenvalue weighted by Crippen LogP contribution is -2.14. The van der Waals surface area contributed by atoms with E-state index in [9.17, 15) is 0 Å². The molecule has 0 saturated carbocycles. The van der Waals surface area contributed by atoms with E-state index in [2.05, 4.69) is 31.3 Å². The second-order valence-corrected chi connectivity index (χ2v) is 6.97. The summed E-state index contributed by atoms with van der Waals surface area (Å²) in [4.78, 5) is 0. The molecule has 0 heterocycles. The van der Waals surface area contributed by atoms with Crippen LogP contribution in [0.1, 0.15) is 49.3 Å². The molecule has 0 unspecified atom stereocenters. The molecule has 26 heavy (non-hydrogen) atoms. The third kappa shape index (κ3) is 6.22. The van der Waals surface area contributed by atoms with E-state index in [1.54, 1.807) is 7.11 Å². The highest BCUT2D eigenvalue weighted by Gasteiger charge is 2.13. The number of ether oxygens (including phenoxy) is 2. The summed E-state index contributed by atoms with van der Waals surface area (Å²) in [5, 5.41) is 4.05. The Labute approximate surface area is 162 Å². The van der Waals surface area contributed by atoms with Crippen molar-refractivity contribution >= 4 is 11.6 Å². The van der Waals surface area contributed by atoms with E-state index in [-0.39, 0.29) is 0 Å². The number of rotatable bonds is 11. The molecule has 0 atom stereocenters. The molecule has 4 heteroatoms. The number of nitrogens with one attached hydrogen (secondary N) is 1. The third-order valence-corrected chi connectivity index (χ3v) is 4.74. The van der Waals surface area contributed by atoms with Crippen LogP contribution in [0.2, 0.25) is 5.02 Å². The first kappa shape index (κ1) is 20.6. The van der Waals surface area contributed by atoms with Crippen molar-refractivity contribution < 1.29 is 9.47 Å². The molecule has 0 radical (unpaired) electrons. The van der Waals surface area contributed by atoms with E-state index in [0.29, 0.717) is 23.1 Å². The lowest BCUT2D eigenvalue weighted by atomic mass is 10.1. The summed E-state index contributed by atoms with van der Waals surface area (Å²) in [6, 6.07) is 12.1. The van der Waals surface area contributed by atoms with Crippen LogP contribution in [0.25, 0.3) is 0 Å². The van der Waals surface area contributed by atoms with E-state index in [1.165, 1.54) is 31.2 Å². The number of benzene rings is 2. The molecule has 1 N–H and O–H groups in total. The number of hydrogen-bond donors (Lipinski definition) is 1. The molecule has 0 aromatic heterocycles. The van der Waals surface area contributed by atoms with Crippen LogP contribution in [-0.2, 0) is 13.2 Å². The summed E-state index contributed by atoms with van der Waals surface area (Å²) in [6.07, 6.45) is 5.04. The Bertz CT molecular complexity index is 688. The minimum absolute atomic E-state index is 0.470. The van der Waals surface area contributed by atoms with Crippen LogP contribution in [0.4, 0.5) is 0 Å². The Kier molecular flexibility index (Phi) is 8.79. The van der Waals surface area contributed by atoms with Gasteiger partial charge in [0.1, 0.15) is 6.61 Å². The second kappa shape index (κ2) is 11.1. The summed E-state index contributed by atoms with van der Waals surface area (Å²) in [5.41, 5.74) is 3.44. The molecular formula is C22H30ClNO2. The molecule has 2 rings (SSSR count). The van der Waals surface area contributed by atoms with Gasteiger partial charge in [-0.1, -0.05) is 62.1 Å². The van der Waals surface area contributed by atoms with E-state index in [1.807, 2.05) is 24.3 Å². The molecule has 0 saturated heterocycles. The molecule has 2 aromatic rings. The Balaban J connectivity index is 1.96. The molecule has 0 bridgehead atoms. The molecule has 0 fully saturated rings. The van der Waals surface area contributed by atoms with Crippen LogP contribution in [0.5, 0.6) is 11.5 Å². The topological polar surface area (TPSA) is 30.5 Å². The van der Waals surface area contributed by atoms with Crippen molar-refractivity contribution in [3.05, 3.63) is 58.1 Å². The summed E-state index contributed by atoms with van der Waals surface area (Å²) in [6.45, 7) is 6.57. The van der Waals surface area contributed by atoms with E-state index in [0.717, 1.165) is 24.2 Å². The zero-order chi connectivity index (χ0) is 18.8. The molecule has 0 aliphatic carbocycles. The first-order valence-corrected chi connectivity index (χ1v) is 9.78. The van der Waals surface area contributed by atoms with E-state index < -0.39 is 0 Å². The molecule has 0 aliphatic rings. The highest BCUT2D eigenvalue weighted by atomic mass is 35.5. The molecule has 3 nitrogen and oxygen atoms in total. The fourth-order valence-corrected chi connectivity index (χ4v) is 3.13. The van der Waals surface area contributed by atoms with Crippen molar-refractivity contribution in [3.63, 3.8) is 0 Å². The van der Waals surface area contributed by atoms with Crippen LogP contribution in [0.3, 0.4) is 0 Å². The fourth-order valence-electron chi connectivity index (χ4n) is 2.85. The van der Waals surface area contributed by atoms with Crippen molar-refractivity contribution in [2.24, 2.45) is 0 Å². The standard InChI is InChI=1S/C22H30ClNO2/c1-4-5-6-9-12-24-15-18-13-20(23)22(21(14-18)25-3)26-16-19-11-8-7-10-17(19)2/h7-8,10-11,13-14,24H,4-6,9,12,15-16H2,1-3H3. The number of methoxy groups -OCH3 is 1. The normalized spacial score (nSPS) is 10.8. The van der Waals surface area contributed by atoms with Crippen molar-refractivity contribution in [2.75, 3.05) is 13.7 Å². The Morgan fingerprint density at radius 1 is 1.08 bits per heavy atom. The molecular weight excluding hydrogens is 346 g/mol. The van der Waals surface area contributed by atoms with Crippen molar-refractivity contribution in [1.29, 1.82) is 0 Å². The largest absolute Gasteiger partial charge is 0.493 e. The Morgan fingerprint density at radius 3 is 2.62 bits per heavy atom. The van der Waals surface area contributed by atoms with E-state index >= 15 is 0 Å². The van der Waals surface area contributed by atoms with Crippen molar-refractivity contribution in [3.8, 4) is 11.5 Å². The maximum absolute atomic E-state index is 6.47. The number of hydrogen-bond acceptors (Lipinski definition) is 3. The van der Waals surface area contributed by atoms with Gasteiger partial charge in [-0.3, -0.25) is 0 Å². The average Bonchev–Trinajstić information content (AvgIpc) is 2.64. The molecule has 0 aliphatic heterocycles. The minimum atomic E-state index is 0.470. The maximum Gasteiger partial charge on any atom is 0.180 e. The lowest BCUT2D eigenvalue weighted by molar-refractivity contribution is 0.284. The van der Waals surface area contributed by atoms with E-state index in [4.69, 9.17) is 21.1 Å². The van der Waals surface area contributed by atoms with Gasteiger partial charge < -0.3 is 14.8 Å².